The van der Waals surface area contributed by atoms with Crippen molar-refractivity contribution in [2.24, 2.45) is 5.92 Å². The second-order valence-electron chi connectivity index (χ2n) is 8.36. The Morgan fingerprint density at radius 2 is 1.93 bits per heavy atom. The summed E-state index contributed by atoms with van der Waals surface area (Å²) >= 11 is 1.72. The van der Waals surface area contributed by atoms with E-state index in [9.17, 15) is 4.39 Å². The standard InChI is InChI=1S/C22H26FN5S/c1-15-3-2-8-28(14-15)17-6-9-27(10-7-17)22-26-19-13-24-18(11-20(19)29-22)16-4-5-21(23)25-12-16/h4-5,11-13,15,17H,2-3,6-10,14H2,1H3. The smallest absolute Gasteiger partial charge is 0.212 e. The maximum absolute atomic E-state index is 13.1. The second-order valence-corrected chi connectivity index (χ2v) is 9.37. The molecule has 2 saturated heterocycles. The molecule has 0 bridgehead atoms. The number of piperidine rings is 2. The minimum Gasteiger partial charge on any atom is -0.348 e. The monoisotopic (exact) mass is 411 g/mol. The third-order valence-electron chi connectivity index (χ3n) is 6.23. The van der Waals surface area contributed by atoms with Crippen molar-refractivity contribution in [1.82, 2.24) is 19.9 Å². The molecule has 5 nitrogen and oxygen atoms in total. The van der Waals surface area contributed by atoms with Crippen LogP contribution in [0.3, 0.4) is 0 Å². The lowest BCUT2D eigenvalue weighted by atomic mass is 9.95. The first-order valence-electron chi connectivity index (χ1n) is 10.5. The normalized spacial score (nSPS) is 21.7. The summed E-state index contributed by atoms with van der Waals surface area (Å²) in [6, 6.07) is 5.84. The molecule has 1 unspecified atom stereocenters. The molecule has 5 rings (SSSR count). The van der Waals surface area contributed by atoms with Gasteiger partial charge in [-0.3, -0.25) is 9.88 Å². The van der Waals surface area contributed by atoms with Gasteiger partial charge in [0, 0.05) is 37.4 Å². The summed E-state index contributed by atoms with van der Waals surface area (Å²) in [6.45, 7) is 7.04. The molecule has 1 atom stereocenters. The Labute approximate surface area is 174 Å². The second kappa shape index (κ2) is 7.95. The maximum Gasteiger partial charge on any atom is 0.212 e. The third kappa shape index (κ3) is 3.98. The Balaban J connectivity index is 1.29. The fourth-order valence-corrected chi connectivity index (χ4v) is 5.65. The lowest BCUT2D eigenvalue weighted by molar-refractivity contribution is 0.112. The van der Waals surface area contributed by atoms with Crippen LogP contribution in [-0.4, -0.2) is 52.1 Å². The zero-order chi connectivity index (χ0) is 19.8. The molecule has 0 aliphatic carbocycles. The van der Waals surface area contributed by atoms with Gasteiger partial charge in [-0.1, -0.05) is 18.3 Å². The summed E-state index contributed by atoms with van der Waals surface area (Å²) in [6.07, 6.45) is 8.50. The Kier molecular flexibility index (Phi) is 5.18. The van der Waals surface area contributed by atoms with Gasteiger partial charge in [0.15, 0.2) is 5.13 Å². The first kappa shape index (κ1) is 18.9. The van der Waals surface area contributed by atoms with Gasteiger partial charge in [0.25, 0.3) is 0 Å². The highest BCUT2D eigenvalue weighted by Gasteiger charge is 2.28. The molecule has 0 saturated carbocycles. The molecule has 2 aliphatic heterocycles. The van der Waals surface area contributed by atoms with Crippen molar-refractivity contribution in [3.8, 4) is 11.3 Å². The van der Waals surface area contributed by atoms with E-state index in [1.165, 1.54) is 51.0 Å². The van der Waals surface area contributed by atoms with Crippen LogP contribution in [0.4, 0.5) is 9.52 Å². The average Bonchev–Trinajstić information content (AvgIpc) is 3.18. The summed E-state index contributed by atoms with van der Waals surface area (Å²) in [5, 5.41) is 1.08. The SMILES string of the molecule is CC1CCCN(C2CCN(c3nc4cnc(-c5ccc(F)nc5)cc4s3)CC2)C1. The lowest BCUT2D eigenvalue weighted by Gasteiger charge is -2.41. The zero-order valence-electron chi connectivity index (χ0n) is 16.7. The van der Waals surface area contributed by atoms with Crippen molar-refractivity contribution in [3.63, 3.8) is 0 Å². The summed E-state index contributed by atoms with van der Waals surface area (Å²) in [5.41, 5.74) is 2.55. The number of rotatable bonds is 3. The number of pyridine rings is 2. The molecule has 2 aliphatic rings. The Morgan fingerprint density at radius 3 is 2.69 bits per heavy atom. The van der Waals surface area contributed by atoms with Crippen molar-refractivity contribution < 1.29 is 4.39 Å². The van der Waals surface area contributed by atoms with Gasteiger partial charge >= 0.3 is 0 Å². The number of nitrogens with zero attached hydrogens (tertiary/aromatic N) is 5. The third-order valence-corrected chi connectivity index (χ3v) is 7.31. The van der Waals surface area contributed by atoms with E-state index < -0.39 is 5.95 Å². The van der Waals surface area contributed by atoms with E-state index in [-0.39, 0.29) is 0 Å². The first-order valence-corrected chi connectivity index (χ1v) is 11.3. The van der Waals surface area contributed by atoms with Crippen molar-refractivity contribution in [1.29, 1.82) is 0 Å². The average molecular weight is 412 g/mol. The number of fused-ring (bicyclic) bond motifs is 1. The largest absolute Gasteiger partial charge is 0.348 e. The molecule has 7 heteroatoms. The van der Waals surface area contributed by atoms with Crippen LogP contribution in [0.1, 0.15) is 32.6 Å². The number of hydrogen-bond donors (Lipinski definition) is 0. The molecule has 3 aromatic heterocycles. The molecule has 0 aromatic carbocycles. The van der Waals surface area contributed by atoms with Gasteiger partial charge in [-0.25, -0.2) is 9.97 Å². The highest BCUT2D eigenvalue weighted by molar-refractivity contribution is 7.22. The summed E-state index contributed by atoms with van der Waals surface area (Å²) < 4.78 is 14.2. The molecule has 0 N–H and O–H groups in total. The minimum absolute atomic E-state index is 0.475. The Bertz CT molecular complexity index is 981. The van der Waals surface area contributed by atoms with Gasteiger partial charge < -0.3 is 4.90 Å². The molecule has 5 heterocycles. The van der Waals surface area contributed by atoms with E-state index in [0.29, 0.717) is 0 Å². The zero-order valence-corrected chi connectivity index (χ0v) is 17.5. The molecular formula is C22H26FN5S. The molecule has 152 valence electrons. The predicted octanol–water partition coefficient (Wildman–Crippen LogP) is 4.59. The number of anilines is 1. The van der Waals surface area contributed by atoms with E-state index in [4.69, 9.17) is 4.98 Å². The van der Waals surface area contributed by atoms with Crippen molar-refractivity contribution in [2.45, 2.75) is 38.6 Å². The molecule has 0 amide bonds. The minimum atomic E-state index is -0.475. The number of halogens is 1. The van der Waals surface area contributed by atoms with Crippen LogP contribution in [0.5, 0.6) is 0 Å². The van der Waals surface area contributed by atoms with Gasteiger partial charge in [0.1, 0.15) is 5.52 Å². The van der Waals surface area contributed by atoms with Gasteiger partial charge in [0.2, 0.25) is 5.95 Å². The topological polar surface area (TPSA) is 45.2 Å². The maximum atomic E-state index is 13.1. The number of aromatic nitrogens is 3. The summed E-state index contributed by atoms with van der Waals surface area (Å²) in [7, 11) is 0. The Hall–Kier alpha value is -2.12. The van der Waals surface area contributed by atoms with Crippen LogP contribution in [-0.2, 0) is 0 Å². The molecular weight excluding hydrogens is 385 g/mol. The van der Waals surface area contributed by atoms with Crippen molar-refractivity contribution in [3.05, 3.63) is 36.5 Å². The van der Waals surface area contributed by atoms with Crippen molar-refractivity contribution >= 4 is 26.7 Å². The fraction of sp³-hybridized carbons (Fsp3) is 0.500. The molecule has 29 heavy (non-hydrogen) atoms. The molecule has 2 fully saturated rings. The number of thiazole rings is 1. The van der Waals surface area contributed by atoms with E-state index in [2.05, 4.69) is 26.7 Å². The summed E-state index contributed by atoms with van der Waals surface area (Å²) in [5.74, 6) is 0.362. The van der Waals surface area contributed by atoms with Crippen LogP contribution in [0.15, 0.2) is 30.6 Å². The lowest BCUT2D eigenvalue weighted by Crippen LogP contribution is -2.48. The van der Waals surface area contributed by atoms with Gasteiger partial charge in [-0.15, -0.1) is 0 Å². The fourth-order valence-electron chi connectivity index (χ4n) is 4.62. The van der Waals surface area contributed by atoms with Crippen molar-refractivity contribution in [2.75, 3.05) is 31.1 Å². The van der Waals surface area contributed by atoms with E-state index in [0.717, 1.165) is 51.7 Å². The van der Waals surface area contributed by atoms with Gasteiger partial charge in [0.05, 0.1) is 16.6 Å². The van der Waals surface area contributed by atoms with Gasteiger partial charge in [-0.2, -0.15) is 4.39 Å². The molecule has 0 radical (unpaired) electrons. The Morgan fingerprint density at radius 1 is 1.07 bits per heavy atom. The predicted molar refractivity (Wildman–Crippen MR) is 116 cm³/mol. The van der Waals surface area contributed by atoms with E-state index >= 15 is 0 Å². The number of hydrogen-bond acceptors (Lipinski definition) is 6. The highest BCUT2D eigenvalue weighted by Crippen LogP contribution is 2.33. The molecule has 0 spiro atoms. The quantitative estimate of drug-likeness (QED) is 0.590. The van der Waals surface area contributed by atoms with Gasteiger partial charge in [-0.05, 0) is 56.3 Å². The first-order chi connectivity index (χ1) is 14.2. The number of likely N-dealkylation sites (tertiary alicyclic amines) is 1. The van der Waals surface area contributed by atoms with Crippen LogP contribution in [0.25, 0.3) is 21.5 Å². The van der Waals surface area contributed by atoms with Crippen LogP contribution in [0, 0.1) is 11.9 Å². The highest BCUT2D eigenvalue weighted by atomic mass is 32.1. The van der Waals surface area contributed by atoms with E-state index in [1.54, 1.807) is 17.4 Å². The summed E-state index contributed by atoms with van der Waals surface area (Å²) in [4.78, 5) is 18.2. The van der Waals surface area contributed by atoms with Crippen LogP contribution >= 0.6 is 11.3 Å². The van der Waals surface area contributed by atoms with Crippen LogP contribution in [0.2, 0.25) is 0 Å². The van der Waals surface area contributed by atoms with E-state index in [1.807, 2.05) is 12.3 Å². The molecule has 3 aromatic rings. The van der Waals surface area contributed by atoms with Crippen LogP contribution < -0.4 is 4.90 Å².